The third kappa shape index (κ3) is 4.58. The molecular weight excluding hydrogens is 356 g/mol. The Hall–Kier alpha value is -1.32. The molecule has 1 heterocycles. The number of nitrogens with zero attached hydrogens (tertiary/aromatic N) is 3. The number of thioether (sulfide) groups is 1. The van der Waals surface area contributed by atoms with E-state index < -0.39 is 17.6 Å². The molecule has 0 amide bonds. The van der Waals surface area contributed by atoms with Gasteiger partial charge in [0.15, 0.2) is 5.16 Å². The first-order valence-electron chi connectivity index (χ1n) is 6.35. The van der Waals surface area contributed by atoms with Gasteiger partial charge in [0.1, 0.15) is 11.6 Å². The summed E-state index contributed by atoms with van der Waals surface area (Å²) >= 11 is 1.08. The van der Waals surface area contributed by atoms with E-state index in [0.29, 0.717) is 17.5 Å². The van der Waals surface area contributed by atoms with Crippen LogP contribution < -0.4 is 5.32 Å². The zero-order valence-corrected chi connectivity index (χ0v) is 13.9. The minimum Gasteiger partial charge on any atom is -0.313 e. The van der Waals surface area contributed by atoms with Crippen molar-refractivity contribution in [2.24, 2.45) is 7.05 Å². The van der Waals surface area contributed by atoms with Crippen molar-refractivity contribution >= 4 is 24.2 Å². The summed E-state index contributed by atoms with van der Waals surface area (Å²) in [5.74, 6) is -0.641. The van der Waals surface area contributed by atoms with Gasteiger partial charge in [0.2, 0.25) is 0 Å². The van der Waals surface area contributed by atoms with E-state index >= 15 is 0 Å². The summed E-state index contributed by atoms with van der Waals surface area (Å²) < 4.78 is 54.0. The maximum Gasteiger partial charge on any atom is 0.419 e. The van der Waals surface area contributed by atoms with Gasteiger partial charge in [-0.3, -0.25) is 0 Å². The largest absolute Gasteiger partial charge is 0.419 e. The van der Waals surface area contributed by atoms with Crippen LogP contribution in [0.15, 0.2) is 23.4 Å². The SMILES string of the molecule is CNCc1nnc(SCc2cccc(F)c2C(F)(F)F)n1C.Cl. The second-order valence-electron chi connectivity index (χ2n) is 4.55. The van der Waals surface area contributed by atoms with Crippen LogP contribution in [0.2, 0.25) is 0 Å². The maximum absolute atomic E-state index is 13.5. The first-order valence-corrected chi connectivity index (χ1v) is 7.33. The molecule has 0 aliphatic heterocycles. The molecule has 0 saturated carbocycles. The lowest BCUT2D eigenvalue weighted by Crippen LogP contribution is -2.12. The molecule has 0 unspecified atom stereocenters. The van der Waals surface area contributed by atoms with Gasteiger partial charge in [-0.1, -0.05) is 23.9 Å². The molecule has 1 N–H and O–H groups in total. The van der Waals surface area contributed by atoms with Crippen molar-refractivity contribution < 1.29 is 17.6 Å². The van der Waals surface area contributed by atoms with Gasteiger partial charge in [0, 0.05) is 12.8 Å². The van der Waals surface area contributed by atoms with Crippen LogP contribution >= 0.6 is 24.2 Å². The van der Waals surface area contributed by atoms with Gasteiger partial charge in [-0.2, -0.15) is 13.2 Å². The minimum absolute atomic E-state index is 0. The van der Waals surface area contributed by atoms with Gasteiger partial charge in [0.05, 0.1) is 12.1 Å². The molecule has 1 aromatic heterocycles. The highest BCUT2D eigenvalue weighted by molar-refractivity contribution is 7.98. The summed E-state index contributed by atoms with van der Waals surface area (Å²) in [4.78, 5) is 0. The van der Waals surface area contributed by atoms with Crippen molar-refractivity contribution in [3.63, 3.8) is 0 Å². The quantitative estimate of drug-likeness (QED) is 0.647. The molecule has 10 heteroatoms. The molecule has 0 spiro atoms. The smallest absolute Gasteiger partial charge is 0.313 e. The lowest BCUT2D eigenvalue weighted by Gasteiger charge is -2.13. The Morgan fingerprint density at radius 1 is 1.26 bits per heavy atom. The van der Waals surface area contributed by atoms with Gasteiger partial charge in [-0.05, 0) is 18.7 Å². The van der Waals surface area contributed by atoms with Crippen molar-refractivity contribution in [1.29, 1.82) is 0 Å². The molecule has 128 valence electrons. The van der Waals surface area contributed by atoms with Gasteiger partial charge in [0.25, 0.3) is 0 Å². The van der Waals surface area contributed by atoms with Crippen LogP contribution in [0.1, 0.15) is 17.0 Å². The zero-order chi connectivity index (χ0) is 16.3. The Morgan fingerprint density at radius 3 is 2.57 bits per heavy atom. The number of hydrogen-bond acceptors (Lipinski definition) is 4. The third-order valence-corrected chi connectivity index (χ3v) is 4.07. The molecule has 2 rings (SSSR count). The number of alkyl halides is 3. The Morgan fingerprint density at radius 2 is 1.96 bits per heavy atom. The maximum atomic E-state index is 13.5. The van der Waals surface area contributed by atoms with E-state index in [1.807, 2.05) is 0 Å². The molecule has 0 radical (unpaired) electrons. The predicted octanol–water partition coefficient (Wildman–Crippen LogP) is 3.41. The van der Waals surface area contributed by atoms with Crippen LogP contribution in [0.4, 0.5) is 17.6 Å². The monoisotopic (exact) mass is 370 g/mol. The summed E-state index contributed by atoms with van der Waals surface area (Å²) in [5.41, 5.74) is -1.34. The van der Waals surface area contributed by atoms with Gasteiger partial charge < -0.3 is 9.88 Å². The highest BCUT2D eigenvalue weighted by Crippen LogP contribution is 2.36. The van der Waals surface area contributed by atoms with E-state index in [9.17, 15) is 17.6 Å². The fourth-order valence-electron chi connectivity index (χ4n) is 1.93. The van der Waals surface area contributed by atoms with Crippen molar-refractivity contribution in [1.82, 2.24) is 20.1 Å². The molecular formula is C13H15ClF4N4S. The molecule has 0 fully saturated rings. The molecule has 0 bridgehead atoms. The fraction of sp³-hybridized carbons (Fsp3) is 0.385. The van der Waals surface area contributed by atoms with Gasteiger partial charge in [-0.15, -0.1) is 22.6 Å². The normalized spacial score (nSPS) is 11.4. The summed E-state index contributed by atoms with van der Waals surface area (Å²) in [6, 6.07) is 3.34. The van der Waals surface area contributed by atoms with Crippen LogP contribution in [-0.2, 0) is 25.5 Å². The molecule has 4 nitrogen and oxygen atoms in total. The van der Waals surface area contributed by atoms with Crippen molar-refractivity contribution in [2.75, 3.05) is 7.05 Å². The summed E-state index contributed by atoms with van der Waals surface area (Å²) in [7, 11) is 3.48. The molecule has 0 aliphatic carbocycles. The fourth-order valence-corrected chi connectivity index (χ4v) is 2.85. The lowest BCUT2D eigenvalue weighted by atomic mass is 10.1. The lowest BCUT2D eigenvalue weighted by molar-refractivity contribution is -0.140. The van der Waals surface area contributed by atoms with Crippen molar-refractivity contribution in [3.8, 4) is 0 Å². The topological polar surface area (TPSA) is 42.7 Å². The third-order valence-electron chi connectivity index (χ3n) is 3.00. The Labute approximate surface area is 141 Å². The highest BCUT2D eigenvalue weighted by atomic mass is 35.5. The van der Waals surface area contributed by atoms with E-state index in [1.165, 1.54) is 12.1 Å². The average Bonchev–Trinajstić information content (AvgIpc) is 2.77. The first-order chi connectivity index (χ1) is 10.3. The number of benzene rings is 1. The standard InChI is InChI=1S/C13H14F4N4S.ClH/c1-18-6-10-19-20-12(21(10)2)22-7-8-4-3-5-9(14)11(8)13(15,16)17;/h3-5,18H,6-7H2,1-2H3;1H. The number of nitrogens with one attached hydrogen (secondary N) is 1. The van der Waals surface area contributed by atoms with Gasteiger partial charge in [-0.25, -0.2) is 4.39 Å². The van der Waals surface area contributed by atoms with Crippen molar-refractivity contribution in [3.05, 3.63) is 41.0 Å². The van der Waals surface area contributed by atoms with E-state index in [1.54, 1.807) is 18.7 Å². The average molecular weight is 371 g/mol. The van der Waals surface area contributed by atoms with Crippen LogP contribution in [0.25, 0.3) is 0 Å². The van der Waals surface area contributed by atoms with Crippen LogP contribution in [0.3, 0.4) is 0 Å². The predicted molar refractivity (Wildman–Crippen MR) is 82.0 cm³/mol. The van der Waals surface area contributed by atoms with Gasteiger partial charge >= 0.3 is 6.18 Å². The van der Waals surface area contributed by atoms with Crippen molar-refractivity contribution in [2.45, 2.75) is 23.6 Å². The van der Waals surface area contributed by atoms with E-state index in [-0.39, 0.29) is 23.7 Å². The number of hydrogen-bond donors (Lipinski definition) is 1. The van der Waals surface area contributed by atoms with Crippen LogP contribution in [0, 0.1) is 5.82 Å². The first kappa shape index (κ1) is 19.7. The summed E-state index contributed by atoms with van der Waals surface area (Å²) in [6.07, 6.45) is -4.72. The molecule has 0 saturated heterocycles. The number of rotatable bonds is 5. The molecule has 2 aromatic rings. The highest BCUT2D eigenvalue weighted by Gasteiger charge is 2.36. The Bertz CT molecular complexity index is 660. The Kier molecular flexibility index (Phi) is 6.84. The van der Waals surface area contributed by atoms with Crippen LogP contribution in [-0.4, -0.2) is 21.8 Å². The second-order valence-corrected chi connectivity index (χ2v) is 5.49. The minimum atomic E-state index is -4.72. The Balaban J connectivity index is 0.00000264. The number of aromatic nitrogens is 3. The van der Waals surface area contributed by atoms with E-state index in [4.69, 9.17) is 0 Å². The molecule has 0 atom stereocenters. The summed E-state index contributed by atoms with van der Waals surface area (Å²) in [6.45, 7) is 0.498. The second kappa shape index (κ2) is 7.98. The summed E-state index contributed by atoms with van der Waals surface area (Å²) in [5, 5.41) is 11.3. The zero-order valence-electron chi connectivity index (χ0n) is 12.3. The van der Waals surface area contributed by atoms with E-state index in [2.05, 4.69) is 15.5 Å². The van der Waals surface area contributed by atoms with Crippen LogP contribution in [0.5, 0.6) is 0 Å². The number of halogens is 5. The molecule has 23 heavy (non-hydrogen) atoms. The molecule has 0 aliphatic rings. The van der Waals surface area contributed by atoms with E-state index in [0.717, 1.165) is 17.8 Å². The molecule has 1 aromatic carbocycles.